The van der Waals surface area contributed by atoms with Gasteiger partial charge in [0, 0.05) is 23.6 Å². The summed E-state index contributed by atoms with van der Waals surface area (Å²) in [6.45, 7) is 2.01. The minimum absolute atomic E-state index is 0.0205. The molecule has 1 aliphatic carbocycles. The van der Waals surface area contributed by atoms with Crippen LogP contribution in [0.4, 0.5) is 5.69 Å². The highest BCUT2D eigenvalue weighted by Crippen LogP contribution is 2.27. The summed E-state index contributed by atoms with van der Waals surface area (Å²) in [4.78, 5) is 16.7. The van der Waals surface area contributed by atoms with Crippen molar-refractivity contribution in [2.24, 2.45) is 0 Å². The lowest BCUT2D eigenvalue weighted by atomic mass is 9.95. The highest BCUT2D eigenvalue weighted by atomic mass is 32.2. The molecule has 0 saturated heterocycles. The molecule has 1 heterocycles. The fraction of sp³-hybridized carbons (Fsp3) is 0.350. The molecule has 0 radical (unpaired) electrons. The summed E-state index contributed by atoms with van der Waals surface area (Å²) in [6, 6.07) is 12.0. The Kier molecular flexibility index (Phi) is 5.72. The number of rotatable bonds is 5. The molecule has 1 aliphatic rings. The third-order valence-corrected chi connectivity index (χ3v) is 5.28. The Labute approximate surface area is 152 Å². The predicted molar refractivity (Wildman–Crippen MR) is 101 cm³/mol. The summed E-state index contributed by atoms with van der Waals surface area (Å²) in [5.41, 5.74) is 4.94. The first-order valence-corrected chi connectivity index (χ1v) is 9.56. The Morgan fingerprint density at radius 2 is 2.04 bits per heavy atom. The summed E-state index contributed by atoms with van der Waals surface area (Å²) >= 11 is 1.49. The zero-order valence-electron chi connectivity index (χ0n) is 14.3. The maximum atomic E-state index is 12.1. The number of aromatic nitrogens is 1. The van der Waals surface area contributed by atoms with E-state index in [1.165, 1.54) is 23.7 Å². The number of carbonyl (C=O) groups excluding carboxylic acids is 1. The van der Waals surface area contributed by atoms with Crippen LogP contribution in [0.1, 0.15) is 41.6 Å². The highest BCUT2D eigenvalue weighted by molar-refractivity contribution is 7.99. The number of nitrogens with zero attached hydrogens (tertiary/aromatic N) is 2. The van der Waals surface area contributed by atoms with Gasteiger partial charge in [0.1, 0.15) is 11.1 Å². The summed E-state index contributed by atoms with van der Waals surface area (Å²) in [6.07, 6.45) is 4.73. The van der Waals surface area contributed by atoms with Crippen LogP contribution >= 0.6 is 11.8 Å². The molecule has 5 heteroatoms. The van der Waals surface area contributed by atoms with Gasteiger partial charge in [-0.05, 0) is 56.4 Å². The molecule has 25 heavy (non-hydrogen) atoms. The van der Waals surface area contributed by atoms with Gasteiger partial charge in [-0.15, -0.1) is 11.8 Å². The van der Waals surface area contributed by atoms with E-state index in [1.807, 2.05) is 37.3 Å². The minimum atomic E-state index is -0.0205. The Morgan fingerprint density at radius 3 is 2.80 bits per heavy atom. The number of carbonyl (C=O) groups is 1. The first-order chi connectivity index (χ1) is 12.2. The summed E-state index contributed by atoms with van der Waals surface area (Å²) in [5, 5.41) is 13.0. The van der Waals surface area contributed by atoms with Gasteiger partial charge in [-0.25, -0.2) is 4.98 Å². The topological polar surface area (TPSA) is 65.8 Å². The largest absolute Gasteiger partial charge is 0.326 e. The first kappa shape index (κ1) is 17.5. The van der Waals surface area contributed by atoms with Gasteiger partial charge in [0.2, 0.25) is 5.91 Å². The van der Waals surface area contributed by atoms with Crippen LogP contribution in [0.3, 0.4) is 0 Å². The standard InChI is InChI=1S/C20H21N3OS/c1-14-6-8-17(9-7-14)22-19(24)10-11-25-20-16(13-21)12-15-4-2-3-5-18(15)23-20/h6-9,12H,2-5,10-11H2,1H3,(H,22,24). The Morgan fingerprint density at radius 1 is 1.28 bits per heavy atom. The Hall–Kier alpha value is -2.32. The molecule has 0 saturated carbocycles. The van der Waals surface area contributed by atoms with Crippen molar-refractivity contribution in [1.29, 1.82) is 5.26 Å². The molecule has 0 aliphatic heterocycles. The maximum absolute atomic E-state index is 12.1. The number of hydrogen-bond acceptors (Lipinski definition) is 4. The van der Waals surface area contributed by atoms with E-state index in [9.17, 15) is 10.1 Å². The number of aryl methyl sites for hydroxylation is 3. The lowest BCUT2D eigenvalue weighted by molar-refractivity contribution is -0.115. The van der Waals surface area contributed by atoms with E-state index in [4.69, 9.17) is 0 Å². The minimum Gasteiger partial charge on any atom is -0.326 e. The third-order valence-electron chi connectivity index (χ3n) is 4.29. The number of benzene rings is 1. The fourth-order valence-electron chi connectivity index (χ4n) is 2.91. The van der Waals surface area contributed by atoms with E-state index in [0.29, 0.717) is 17.7 Å². The van der Waals surface area contributed by atoms with Crippen molar-refractivity contribution in [3.63, 3.8) is 0 Å². The van der Waals surface area contributed by atoms with E-state index in [-0.39, 0.29) is 5.91 Å². The van der Waals surface area contributed by atoms with E-state index in [2.05, 4.69) is 16.4 Å². The van der Waals surface area contributed by atoms with Crippen LogP contribution in [0.2, 0.25) is 0 Å². The normalized spacial score (nSPS) is 13.0. The molecule has 0 unspecified atom stereocenters. The Balaban J connectivity index is 1.57. The van der Waals surface area contributed by atoms with Crippen LogP contribution in [-0.2, 0) is 17.6 Å². The SMILES string of the molecule is Cc1ccc(NC(=O)CCSc2nc3c(cc2C#N)CCCC3)cc1. The molecule has 0 fully saturated rings. The van der Waals surface area contributed by atoms with Gasteiger partial charge in [-0.2, -0.15) is 5.26 Å². The van der Waals surface area contributed by atoms with Crippen molar-refractivity contribution < 1.29 is 4.79 Å². The van der Waals surface area contributed by atoms with Gasteiger partial charge >= 0.3 is 0 Å². The molecule has 0 spiro atoms. The molecule has 128 valence electrons. The van der Waals surface area contributed by atoms with E-state index < -0.39 is 0 Å². The zero-order valence-corrected chi connectivity index (χ0v) is 15.2. The molecular formula is C20H21N3OS. The van der Waals surface area contributed by atoms with Crippen molar-refractivity contribution >= 4 is 23.4 Å². The van der Waals surface area contributed by atoms with E-state index in [1.54, 1.807) is 0 Å². The Bertz CT molecular complexity index is 809. The number of amides is 1. The van der Waals surface area contributed by atoms with Crippen LogP contribution in [0.25, 0.3) is 0 Å². The zero-order chi connectivity index (χ0) is 17.6. The van der Waals surface area contributed by atoms with Gasteiger partial charge in [-0.3, -0.25) is 4.79 Å². The van der Waals surface area contributed by atoms with Gasteiger partial charge in [-0.1, -0.05) is 17.7 Å². The number of anilines is 1. The first-order valence-electron chi connectivity index (χ1n) is 8.58. The fourth-order valence-corrected chi connectivity index (χ4v) is 3.82. The van der Waals surface area contributed by atoms with E-state index >= 15 is 0 Å². The number of nitriles is 1. The van der Waals surface area contributed by atoms with Crippen LogP contribution in [0.15, 0.2) is 35.4 Å². The second-order valence-corrected chi connectivity index (χ2v) is 7.36. The molecule has 1 aromatic carbocycles. The molecule has 1 N–H and O–H groups in total. The van der Waals surface area contributed by atoms with Crippen molar-refractivity contribution in [1.82, 2.24) is 4.98 Å². The molecule has 4 nitrogen and oxygen atoms in total. The van der Waals surface area contributed by atoms with Crippen molar-refractivity contribution in [3.8, 4) is 6.07 Å². The molecule has 3 rings (SSSR count). The molecule has 1 amide bonds. The smallest absolute Gasteiger partial charge is 0.225 e. The number of nitrogens with one attached hydrogen (secondary N) is 1. The van der Waals surface area contributed by atoms with Gasteiger partial charge < -0.3 is 5.32 Å². The van der Waals surface area contributed by atoms with Crippen LogP contribution in [0, 0.1) is 18.3 Å². The number of pyridine rings is 1. The van der Waals surface area contributed by atoms with Gasteiger partial charge in [0.15, 0.2) is 0 Å². The third kappa shape index (κ3) is 4.61. The molecule has 2 aromatic rings. The number of thioether (sulfide) groups is 1. The summed E-state index contributed by atoms with van der Waals surface area (Å²) < 4.78 is 0. The molecular weight excluding hydrogens is 330 g/mol. The average molecular weight is 351 g/mol. The van der Waals surface area contributed by atoms with Crippen LogP contribution in [-0.4, -0.2) is 16.6 Å². The second-order valence-electron chi connectivity index (χ2n) is 6.28. The molecule has 0 atom stereocenters. The van der Waals surface area contributed by atoms with Crippen molar-refractivity contribution in [2.75, 3.05) is 11.1 Å². The van der Waals surface area contributed by atoms with Crippen LogP contribution in [0.5, 0.6) is 0 Å². The maximum Gasteiger partial charge on any atom is 0.225 e. The molecule has 0 bridgehead atoms. The monoisotopic (exact) mass is 351 g/mol. The average Bonchev–Trinajstić information content (AvgIpc) is 2.63. The lowest BCUT2D eigenvalue weighted by Gasteiger charge is -2.16. The quantitative estimate of drug-likeness (QED) is 0.817. The second kappa shape index (κ2) is 8.17. The lowest BCUT2D eigenvalue weighted by Crippen LogP contribution is -2.12. The highest BCUT2D eigenvalue weighted by Gasteiger charge is 2.15. The van der Waals surface area contributed by atoms with Gasteiger partial charge in [0.25, 0.3) is 0 Å². The van der Waals surface area contributed by atoms with Crippen molar-refractivity contribution in [2.45, 2.75) is 44.1 Å². The summed E-state index contributed by atoms with van der Waals surface area (Å²) in [7, 11) is 0. The van der Waals surface area contributed by atoms with Crippen LogP contribution < -0.4 is 5.32 Å². The number of hydrogen-bond donors (Lipinski definition) is 1. The predicted octanol–water partition coefficient (Wildman–Crippen LogP) is 4.26. The summed E-state index contributed by atoms with van der Waals surface area (Å²) in [5.74, 6) is 0.589. The van der Waals surface area contributed by atoms with Crippen molar-refractivity contribution in [3.05, 3.63) is 52.7 Å². The van der Waals surface area contributed by atoms with Gasteiger partial charge in [0.05, 0.1) is 5.56 Å². The number of fused-ring (bicyclic) bond motifs is 1. The molecule has 1 aromatic heterocycles. The van der Waals surface area contributed by atoms with E-state index in [0.717, 1.165) is 41.2 Å².